The first kappa shape index (κ1) is 23.8. The summed E-state index contributed by atoms with van der Waals surface area (Å²) in [5.74, 6) is -0.649. The monoisotopic (exact) mass is 364 g/mol. The number of carbonyl (C=O) groups is 2. The van der Waals surface area contributed by atoms with Crippen molar-refractivity contribution in [3.63, 3.8) is 0 Å². The first-order valence-electron chi connectivity index (χ1n) is 8.53. The van der Waals surface area contributed by atoms with Crippen LogP contribution in [0.5, 0.6) is 0 Å². The van der Waals surface area contributed by atoms with E-state index in [9.17, 15) is 9.59 Å². The Bertz CT molecular complexity index is 351. The zero-order valence-electron chi connectivity index (χ0n) is 15.8. The molecule has 0 atom stereocenters. The molecule has 0 aliphatic rings. The van der Waals surface area contributed by atoms with E-state index >= 15 is 0 Å². The third-order valence-corrected chi connectivity index (χ3v) is 2.51. The molecule has 0 aliphatic carbocycles. The average molecular weight is 364 g/mol. The number of hydrogen-bond donors (Lipinski definition) is 0. The lowest BCUT2D eigenvalue weighted by molar-refractivity contribution is -0.160. The molecule has 0 bridgehead atoms. The fourth-order valence-corrected chi connectivity index (χ4v) is 1.57. The molecular weight excluding hydrogens is 332 g/mol. The van der Waals surface area contributed by atoms with Crippen LogP contribution in [0.25, 0.3) is 0 Å². The van der Waals surface area contributed by atoms with Crippen LogP contribution in [-0.4, -0.2) is 77.0 Å². The van der Waals surface area contributed by atoms with Crippen molar-refractivity contribution < 1.29 is 38.0 Å². The van der Waals surface area contributed by atoms with E-state index in [-0.39, 0.29) is 19.0 Å². The van der Waals surface area contributed by atoms with Gasteiger partial charge in [-0.2, -0.15) is 0 Å². The molecule has 0 spiro atoms. The van der Waals surface area contributed by atoms with E-state index in [1.54, 1.807) is 27.7 Å². The van der Waals surface area contributed by atoms with Gasteiger partial charge in [0.2, 0.25) is 0 Å². The van der Waals surface area contributed by atoms with Crippen molar-refractivity contribution in [1.29, 1.82) is 0 Å². The molecule has 0 aromatic rings. The normalized spacial score (nSPS) is 11.4. The Hall–Kier alpha value is -1.22. The molecule has 25 heavy (non-hydrogen) atoms. The Morgan fingerprint density at radius 3 is 1.68 bits per heavy atom. The summed E-state index contributed by atoms with van der Waals surface area (Å²) >= 11 is 0. The van der Waals surface area contributed by atoms with Crippen molar-refractivity contribution in [1.82, 2.24) is 0 Å². The summed E-state index contributed by atoms with van der Waals surface area (Å²) < 4.78 is 30.9. The summed E-state index contributed by atoms with van der Waals surface area (Å²) in [5, 5.41) is 0. The van der Waals surface area contributed by atoms with Crippen LogP contribution in [0.15, 0.2) is 0 Å². The van der Waals surface area contributed by atoms with Gasteiger partial charge in [-0.1, -0.05) is 0 Å². The summed E-state index contributed by atoms with van der Waals surface area (Å²) in [6.07, 6.45) is 0.250. The topological polar surface area (TPSA) is 89.5 Å². The molecule has 0 saturated heterocycles. The van der Waals surface area contributed by atoms with Crippen LogP contribution >= 0.6 is 0 Å². The van der Waals surface area contributed by atoms with Crippen LogP contribution in [0.3, 0.4) is 0 Å². The van der Waals surface area contributed by atoms with E-state index in [0.717, 1.165) is 0 Å². The van der Waals surface area contributed by atoms with Crippen LogP contribution in [0.2, 0.25) is 0 Å². The summed E-state index contributed by atoms with van der Waals surface area (Å²) in [4.78, 5) is 22.4. The van der Waals surface area contributed by atoms with Crippen molar-refractivity contribution in [2.24, 2.45) is 0 Å². The molecule has 0 saturated carbocycles. The third-order valence-electron chi connectivity index (χ3n) is 2.51. The Labute approximate surface area is 150 Å². The number of hydrogen-bond acceptors (Lipinski definition) is 8. The van der Waals surface area contributed by atoms with Crippen LogP contribution < -0.4 is 0 Å². The van der Waals surface area contributed by atoms with Crippen LogP contribution in [-0.2, 0) is 38.0 Å². The maximum absolute atomic E-state index is 11.4. The smallest absolute Gasteiger partial charge is 0.332 e. The molecule has 0 radical (unpaired) electrons. The van der Waals surface area contributed by atoms with Gasteiger partial charge in [0, 0.05) is 0 Å². The van der Waals surface area contributed by atoms with Crippen molar-refractivity contribution in [3.8, 4) is 0 Å². The average Bonchev–Trinajstić information content (AvgIpc) is 2.50. The standard InChI is InChI=1S/C17H32O8/c1-5-24-15(18)6-7-20-8-9-21-10-11-22-12-13-23-14-16(19)25-17(2,3)4/h5-14H2,1-4H3. The molecule has 8 nitrogen and oxygen atoms in total. The van der Waals surface area contributed by atoms with Crippen LogP contribution in [0, 0.1) is 0 Å². The molecule has 0 heterocycles. The highest BCUT2D eigenvalue weighted by Gasteiger charge is 2.15. The van der Waals surface area contributed by atoms with Gasteiger partial charge in [-0.15, -0.1) is 0 Å². The van der Waals surface area contributed by atoms with E-state index in [0.29, 0.717) is 52.9 Å². The molecule has 0 rings (SSSR count). The van der Waals surface area contributed by atoms with Gasteiger partial charge in [0.25, 0.3) is 0 Å². The van der Waals surface area contributed by atoms with Gasteiger partial charge in [0.05, 0.1) is 59.3 Å². The van der Waals surface area contributed by atoms with Gasteiger partial charge in [0.15, 0.2) is 0 Å². The first-order valence-corrected chi connectivity index (χ1v) is 8.53. The number of esters is 2. The predicted octanol–water partition coefficient (Wildman–Crippen LogP) is 1.35. The highest BCUT2D eigenvalue weighted by atomic mass is 16.6. The third kappa shape index (κ3) is 19.0. The number of rotatable bonds is 15. The molecule has 0 aromatic carbocycles. The van der Waals surface area contributed by atoms with Crippen molar-refractivity contribution in [3.05, 3.63) is 0 Å². The summed E-state index contributed by atoms with van der Waals surface area (Å²) in [7, 11) is 0. The Morgan fingerprint density at radius 2 is 1.20 bits per heavy atom. The molecular formula is C17H32O8. The zero-order chi connectivity index (χ0) is 19.0. The second-order valence-corrected chi connectivity index (χ2v) is 6.03. The van der Waals surface area contributed by atoms with E-state index in [1.807, 2.05) is 0 Å². The van der Waals surface area contributed by atoms with E-state index < -0.39 is 11.6 Å². The van der Waals surface area contributed by atoms with Crippen molar-refractivity contribution in [2.45, 2.75) is 39.7 Å². The van der Waals surface area contributed by atoms with Crippen LogP contribution in [0.1, 0.15) is 34.1 Å². The van der Waals surface area contributed by atoms with Crippen molar-refractivity contribution >= 4 is 11.9 Å². The van der Waals surface area contributed by atoms with Gasteiger partial charge in [-0.05, 0) is 27.7 Å². The number of ether oxygens (including phenoxy) is 6. The second-order valence-electron chi connectivity index (χ2n) is 6.03. The van der Waals surface area contributed by atoms with Crippen molar-refractivity contribution in [2.75, 3.05) is 59.5 Å². The Morgan fingerprint density at radius 1 is 0.720 bits per heavy atom. The van der Waals surface area contributed by atoms with E-state index in [2.05, 4.69) is 0 Å². The van der Waals surface area contributed by atoms with Gasteiger partial charge in [-0.3, -0.25) is 4.79 Å². The summed E-state index contributed by atoms with van der Waals surface area (Å²) in [6.45, 7) is 10.2. The lowest BCUT2D eigenvalue weighted by Gasteiger charge is -2.19. The molecule has 148 valence electrons. The van der Waals surface area contributed by atoms with E-state index in [4.69, 9.17) is 28.4 Å². The largest absolute Gasteiger partial charge is 0.466 e. The fourth-order valence-electron chi connectivity index (χ4n) is 1.57. The Kier molecular flexibility index (Phi) is 14.3. The zero-order valence-corrected chi connectivity index (χ0v) is 15.8. The van der Waals surface area contributed by atoms with E-state index in [1.165, 1.54) is 0 Å². The highest BCUT2D eigenvalue weighted by molar-refractivity contribution is 5.71. The molecule has 0 unspecified atom stereocenters. The fraction of sp³-hybridized carbons (Fsp3) is 0.882. The van der Waals surface area contributed by atoms with Gasteiger partial charge < -0.3 is 28.4 Å². The molecule has 0 N–H and O–H groups in total. The van der Waals surface area contributed by atoms with Gasteiger partial charge >= 0.3 is 11.9 Å². The van der Waals surface area contributed by atoms with Gasteiger partial charge in [-0.25, -0.2) is 4.79 Å². The molecule has 0 fully saturated rings. The lowest BCUT2D eigenvalue weighted by Crippen LogP contribution is -2.27. The van der Waals surface area contributed by atoms with Gasteiger partial charge in [0.1, 0.15) is 12.2 Å². The predicted molar refractivity (Wildman–Crippen MR) is 90.4 cm³/mol. The summed E-state index contributed by atoms with van der Waals surface area (Å²) in [5.41, 5.74) is -0.503. The molecule has 0 aromatic heterocycles. The summed E-state index contributed by atoms with van der Waals surface area (Å²) in [6, 6.07) is 0. The van der Waals surface area contributed by atoms with Crippen LogP contribution in [0.4, 0.5) is 0 Å². The minimum absolute atomic E-state index is 0.0831. The molecule has 0 amide bonds. The minimum Gasteiger partial charge on any atom is -0.466 e. The quantitative estimate of drug-likeness (QED) is 0.318. The molecule has 0 aliphatic heterocycles. The highest BCUT2D eigenvalue weighted by Crippen LogP contribution is 2.06. The maximum Gasteiger partial charge on any atom is 0.332 e. The number of carbonyl (C=O) groups excluding carboxylic acids is 2. The minimum atomic E-state index is -0.503. The first-order chi connectivity index (χ1) is 11.8. The molecule has 8 heteroatoms. The Balaban J connectivity index is 3.22. The SMILES string of the molecule is CCOC(=O)CCOCCOCCOCCOCC(=O)OC(C)(C)C. The maximum atomic E-state index is 11.4. The second kappa shape index (κ2) is 15.1. The lowest BCUT2D eigenvalue weighted by atomic mass is 10.2.